The molecule has 0 N–H and O–H groups in total. The predicted molar refractivity (Wildman–Crippen MR) is 109 cm³/mol. The minimum atomic E-state index is -4.33. The Balaban J connectivity index is 1.84. The van der Waals surface area contributed by atoms with E-state index in [1.165, 1.54) is 18.1 Å². The summed E-state index contributed by atoms with van der Waals surface area (Å²) in [5.41, 5.74) is 3.26. The van der Waals surface area contributed by atoms with Crippen molar-refractivity contribution in [3.8, 4) is 0 Å². The van der Waals surface area contributed by atoms with Gasteiger partial charge in [-0.3, -0.25) is 4.90 Å². The minimum absolute atomic E-state index is 0.502. The van der Waals surface area contributed by atoms with Gasteiger partial charge in [-0.05, 0) is 48.6 Å². The van der Waals surface area contributed by atoms with Crippen LogP contribution >= 0.6 is 0 Å². The summed E-state index contributed by atoms with van der Waals surface area (Å²) in [5, 5.41) is 0. The molecule has 1 saturated heterocycles. The van der Waals surface area contributed by atoms with E-state index in [0.717, 1.165) is 55.1 Å². The summed E-state index contributed by atoms with van der Waals surface area (Å²) in [6, 6.07) is 12.2. The maximum Gasteiger partial charge on any atom is 0.416 e. The molecular formula is C23H28F3N2. The fourth-order valence-corrected chi connectivity index (χ4v) is 3.73. The maximum absolute atomic E-state index is 13.3. The standard InChI is InChI=1S/C23H28F3N2/c1-17(2)16-27-10-12-28(13-11-27)22-9-8-21(23(24,25)26)15-20(22)14-19-6-4-18(3)5-7-19/h4-9,15H,10-14,16H2,1-3H3. The second kappa shape index (κ2) is 8.56. The molecule has 0 spiro atoms. The molecule has 0 amide bonds. The van der Waals surface area contributed by atoms with Crippen molar-refractivity contribution in [1.82, 2.24) is 4.90 Å². The lowest BCUT2D eigenvalue weighted by Crippen LogP contribution is -2.47. The Morgan fingerprint density at radius 2 is 1.57 bits per heavy atom. The van der Waals surface area contributed by atoms with Crippen molar-refractivity contribution in [1.29, 1.82) is 0 Å². The molecule has 1 fully saturated rings. The molecule has 2 aromatic carbocycles. The third kappa shape index (κ3) is 5.28. The Labute approximate surface area is 166 Å². The van der Waals surface area contributed by atoms with E-state index >= 15 is 0 Å². The Hall–Kier alpha value is -2.01. The molecule has 2 nitrogen and oxygen atoms in total. The number of hydrogen-bond donors (Lipinski definition) is 0. The fraction of sp³-hybridized carbons (Fsp3) is 0.435. The van der Waals surface area contributed by atoms with E-state index in [1.54, 1.807) is 6.07 Å². The normalized spacial score (nSPS) is 16.0. The van der Waals surface area contributed by atoms with Crippen molar-refractivity contribution >= 4 is 5.69 Å². The summed E-state index contributed by atoms with van der Waals surface area (Å²) in [4.78, 5) is 4.63. The number of aryl methyl sites for hydroxylation is 1. The summed E-state index contributed by atoms with van der Waals surface area (Å²) in [5.74, 6) is 1.38. The minimum Gasteiger partial charge on any atom is -0.369 e. The van der Waals surface area contributed by atoms with Gasteiger partial charge in [0.1, 0.15) is 0 Å². The molecule has 0 bridgehead atoms. The molecule has 1 aliphatic heterocycles. The van der Waals surface area contributed by atoms with Crippen LogP contribution in [0.4, 0.5) is 18.9 Å². The highest BCUT2D eigenvalue weighted by Crippen LogP contribution is 2.34. The number of piperazine rings is 1. The van der Waals surface area contributed by atoms with Gasteiger partial charge in [0, 0.05) is 38.4 Å². The van der Waals surface area contributed by atoms with Crippen LogP contribution in [0.3, 0.4) is 0 Å². The topological polar surface area (TPSA) is 6.48 Å². The smallest absolute Gasteiger partial charge is 0.369 e. The Bertz CT molecular complexity index is 773. The van der Waals surface area contributed by atoms with Gasteiger partial charge in [0.15, 0.2) is 0 Å². The zero-order valence-corrected chi connectivity index (χ0v) is 16.8. The molecule has 0 aromatic heterocycles. The van der Waals surface area contributed by atoms with E-state index in [-0.39, 0.29) is 0 Å². The summed E-state index contributed by atoms with van der Waals surface area (Å²) in [6.45, 7) is 10.8. The number of halogens is 3. The number of alkyl halides is 3. The van der Waals surface area contributed by atoms with E-state index in [9.17, 15) is 13.2 Å². The van der Waals surface area contributed by atoms with Crippen LogP contribution in [-0.4, -0.2) is 37.6 Å². The summed E-state index contributed by atoms with van der Waals surface area (Å²) < 4.78 is 39.9. The van der Waals surface area contributed by atoms with Crippen LogP contribution in [-0.2, 0) is 12.6 Å². The maximum atomic E-state index is 13.3. The molecule has 0 atom stereocenters. The first-order chi connectivity index (χ1) is 13.2. The van der Waals surface area contributed by atoms with Crippen molar-refractivity contribution in [2.24, 2.45) is 0 Å². The first-order valence-corrected chi connectivity index (χ1v) is 9.74. The number of benzene rings is 2. The molecule has 151 valence electrons. The molecule has 3 rings (SSSR count). The van der Waals surface area contributed by atoms with Crippen molar-refractivity contribution in [3.63, 3.8) is 0 Å². The number of hydrogen-bond acceptors (Lipinski definition) is 2. The van der Waals surface area contributed by atoms with Crippen LogP contribution in [0, 0.1) is 12.8 Å². The molecule has 28 heavy (non-hydrogen) atoms. The lowest BCUT2D eigenvalue weighted by Gasteiger charge is -2.37. The van der Waals surface area contributed by atoms with Crippen LogP contribution in [0.25, 0.3) is 0 Å². The number of nitrogens with zero attached hydrogens (tertiary/aromatic N) is 2. The third-order valence-electron chi connectivity index (χ3n) is 5.17. The molecule has 1 heterocycles. The molecule has 5 heteroatoms. The van der Waals surface area contributed by atoms with E-state index in [0.29, 0.717) is 6.42 Å². The third-order valence-corrected chi connectivity index (χ3v) is 5.17. The first kappa shape index (κ1) is 20.7. The SMILES string of the molecule is C[C](C)CN1CCN(c2ccc(C(F)(F)F)cc2Cc2ccc(C)cc2)CC1. The van der Waals surface area contributed by atoms with Crippen LogP contribution in [0.5, 0.6) is 0 Å². The average Bonchev–Trinajstić information content (AvgIpc) is 2.63. The van der Waals surface area contributed by atoms with E-state index in [1.807, 2.05) is 31.2 Å². The molecule has 2 aromatic rings. The predicted octanol–water partition coefficient (Wildman–Crippen LogP) is 5.34. The molecule has 0 unspecified atom stereocenters. The van der Waals surface area contributed by atoms with Gasteiger partial charge in [0.05, 0.1) is 5.56 Å². The van der Waals surface area contributed by atoms with E-state index in [4.69, 9.17) is 0 Å². The zero-order valence-electron chi connectivity index (χ0n) is 16.8. The van der Waals surface area contributed by atoms with Crippen molar-refractivity contribution < 1.29 is 13.2 Å². The van der Waals surface area contributed by atoms with Gasteiger partial charge < -0.3 is 4.90 Å². The van der Waals surface area contributed by atoms with Crippen molar-refractivity contribution in [2.45, 2.75) is 33.4 Å². The Morgan fingerprint density at radius 1 is 0.929 bits per heavy atom. The number of anilines is 1. The van der Waals surface area contributed by atoms with Gasteiger partial charge in [-0.15, -0.1) is 0 Å². The van der Waals surface area contributed by atoms with Gasteiger partial charge in [0.2, 0.25) is 0 Å². The highest BCUT2D eigenvalue weighted by molar-refractivity contribution is 5.57. The van der Waals surface area contributed by atoms with Gasteiger partial charge in [-0.2, -0.15) is 13.2 Å². The van der Waals surface area contributed by atoms with Gasteiger partial charge >= 0.3 is 6.18 Å². The second-order valence-electron chi connectivity index (χ2n) is 7.97. The zero-order chi connectivity index (χ0) is 20.3. The van der Waals surface area contributed by atoms with Crippen molar-refractivity contribution in [3.05, 3.63) is 70.6 Å². The first-order valence-electron chi connectivity index (χ1n) is 9.74. The summed E-state index contributed by atoms with van der Waals surface area (Å²) in [6.07, 6.45) is -3.82. The van der Waals surface area contributed by atoms with Crippen LogP contribution in [0.15, 0.2) is 42.5 Å². The van der Waals surface area contributed by atoms with E-state index < -0.39 is 11.7 Å². The van der Waals surface area contributed by atoms with Gasteiger partial charge in [-0.1, -0.05) is 43.7 Å². The Kier molecular flexibility index (Phi) is 6.33. The lowest BCUT2D eigenvalue weighted by atomic mass is 9.98. The summed E-state index contributed by atoms with van der Waals surface area (Å²) >= 11 is 0. The quantitative estimate of drug-likeness (QED) is 0.681. The molecule has 0 saturated carbocycles. The second-order valence-corrected chi connectivity index (χ2v) is 7.97. The summed E-state index contributed by atoms with van der Waals surface area (Å²) in [7, 11) is 0. The molecular weight excluding hydrogens is 361 g/mol. The number of rotatable bonds is 5. The molecule has 1 radical (unpaired) electrons. The van der Waals surface area contributed by atoms with Crippen molar-refractivity contribution in [2.75, 3.05) is 37.6 Å². The molecule has 1 aliphatic rings. The van der Waals surface area contributed by atoms with Gasteiger partial charge in [0.25, 0.3) is 0 Å². The fourth-order valence-electron chi connectivity index (χ4n) is 3.73. The van der Waals surface area contributed by atoms with Crippen LogP contribution in [0.1, 0.15) is 36.1 Å². The average molecular weight is 389 g/mol. The van der Waals surface area contributed by atoms with E-state index in [2.05, 4.69) is 23.6 Å². The van der Waals surface area contributed by atoms with Crippen LogP contribution in [0.2, 0.25) is 0 Å². The lowest BCUT2D eigenvalue weighted by molar-refractivity contribution is -0.137. The monoisotopic (exact) mass is 389 g/mol. The highest BCUT2D eigenvalue weighted by Gasteiger charge is 2.31. The van der Waals surface area contributed by atoms with Crippen LogP contribution < -0.4 is 4.90 Å². The largest absolute Gasteiger partial charge is 0.416 e. The molecule has 0 aliphatic carbocycles. The highest BCUT2D eigenvalue weighted by atomic mass is 19.4. The van der Waals surface area contributed by atoms with Gasteiger partial charge in [-0.25, -0.2) is 0 Å². The Morgan fingerprint density at radius 3 is 2.14 bits per heavy atom.